The van der Waals surface area contributed by atoms with Crippen LogP contribution >= 0.6 is 0 Å². The van der Waals surface area contributed by atoms with Gasteiger partial charge in [0.1, 0.15) is 0 Å². The third kappa shape index (κ3) is 10.8. The van der Waals surface area contributed by atoms with Gasteiger partial charge in [0.15, 0.2) is 0 Å². The highest BCUT2D eigenvalue weighted by Gasteiger charge is 2.00. The van der Waals surface area contributed by atoms with Crippen molar-refractivity contribution in [2.45, 2.75) is 25.8 Å². The Bertz CT molecular complexity index is 466. The smallest absolute Gasteiger partial charge is 0.304 e. The molecule has 20 heavy (non-hydrogen) atoms. The second-order valence-corrected chi connectivity index (χ2v) is 4.03. The number of hydrogen-bond acceptors (Lipinski definition) is 3. The van der Waals surface area contributed by atoms with E-state index in [2.05, 4.69) is 23.7 Å². The minimum absolute atomic E-state index is 0.00705. The van der Waals surface area contributed by atoms with Crippen LogP contribution in [0.4, 0.5) is 0 Å². The van der Waals surface area contributed by atoms with Gasteiger partial charge in [0.2, 0.25) is 5.91 Å². The van der Waals surface area contributed by atoms with Crippen LogP contribution in [-0.2, 0) is 9.59 Å². The lowest BCUT2D eigenvalue weighted by Gasteiger charge is -2.07. The van der Waals surface area contributed by atoms with Gasteiger partial charge in [0.05, 0.1) is 13.0 Å². The zero-order valence-corrected chi connectivity index (χ0v) is 11.4. The maximum absolute atomic E-state index is 11.3. The maximum Gasteiger partial charge on any atom is 0.304 e. The Hall–Kier alpha value is -2.32. The highest BCUT2D eigenvalue weighted by atomic mass is 16.4. The summed E-state index contributed by atoms with van der Waals surface area (Å²) in [4.78, 5) is 21.5. The summed E-state index contributed by atoms with van der Waals surface area (Å²) in [5.41, 5.74) is 0.532. The molecular weight excluding hydrogens is 258 g/mol. The van der Waals surface area contributed by atoms with E-state index in [0.717, 1.165) is 0 Å². The molecule has 0 aromatic heterocycles. The molecule has 0 saturated heterocycles. The van der Waals surface area contributed by atoms with Crippen LogP contribution in [0.1, 0.15) is 19.8 Å². The highest BCUT2D eigenvalue weighted by Crippen LogP contribution is 1.93. The molecule has 0 aliphatic rings. The first kappa shape index (κ1) is 17.7. The molecule has 0 aromatic carbocycles. The van der Waals surface area contributed by atoms with Gasteiger partial charge in [-0.25, -0.2) is 0 Å². The van der Waals surface area contributed by atoms with Crippen molar-refractivity contribution in [1.82, 2.24) is 5.32 Å². The number of hydrogen-bond donors (Lipinski definition) is 3. The summed E-state index contributed by atoms with van der Waals surface area (Å²) in [6.07, 6.45) is 6.37. The number of nitrogens with one attached hydrogen (secondary N) is 1. The van der Waals surface area contributed by atoms with Crippen LogP contribution in [0.2, 0.25) is 0 Å². The SMILES string of the molecule is C=C(C#CCCC(=O)O)/C=C\C=C\C(=O)NC(C)CO. The molecule has 0 fully saturated rings. The first-order valence-corrected chi connectivity index (χ1v) is 6.11. The standard InChI is InChI=1S/C15H19NO4/c1-12(8-4-6-10-15(19)20)7-3-5-9-14(18)16-13(2)11-17/h3,5,7,9,13,17H,1,6,10-11H2,2H3,(H,16,18)(H,19,20)/b7-3-,9-5+. The summed E-state index contributed by atoms with van der Waals surface area (Å²) in [5, 5.41) is 19.7. The lowest BCUT2D eigenvalue weighted by Crippen LogP contribution is -2.33. The summed E-state index contributed by atoms with van der Waals surface area (Å²) in [7, 11) is 0. The Morgan fingerprint density at radius 3 is 2.60 bits per heavy atom. The Morgan fingerprint density at radius 1 is 1.35 bits per heavy atom. The predicted molar refractivity (Wildman–Crippen MR) is 76.8 cm³/mol. The van der Waals surface area contributed by atoms with Gasteiger partial charge in [-0.2, -0.15) is 0 Å². The van der Waals surface area contributed by atoms with Crippen molar-refractivity contribution in [2.24, 2.45) is 0 Å². The molecular formula is C15H19NO4. The molecule has 108 valence electrons. The lowest BCUT2D eigenvalue weighted by molar-refractivity contribution is -0.136. The molecule has 0 spiro atoms. The summed E-state index contributed by atoms with van der Waals surface area (Å²) >= 11 is 0. The van der Waals surface area contributed by atoms with Crippen molar-refractivity contribution in [1.29, 1.82) is 0 Å². The van der Waals surface area contributed by atoms with Crippen LogP contribution in [-0.4, -0.2) is 34.7 Å². The van der Waals surface area contributed by atoms with E-state index in [0.29, 0.717) is 5.57 Å². The van der Waals surface area contributed by atoms with Gasteiger partial charge >= 0.3 is 5.97 Å². The first-order chi connectivity index (χ1) is 9.45. The summed E-state index contributed by atoms with van der Waals surface area (Å²) in [5.74, 6) is 4.21. The molecule has 5 nitrogen and oxygen atoms in total. The van der Waals surface area contributed by atoms with E-state index in [-0.39, 0.29) is 31.4 Å². The predicted octanol–water partition coefficient (Wildman–Crippen LogP) is 1.02. The molecule has 0 saturated carbocycles. The number of aliphatic hydroxyl groups is 1. The quantitative estimate of drug-likeness (QED) is 0.368. The van der Waals surface area contributed by atoms with E-state index < -0.39 is 5.97 Å². The van der Waals surface area contributed by atoms with Crippen molar-refractivity contribution in [2.75, 3.05) is 6.61 Å². The third-order valence-electron chi connectivity index (χ3n) is 2.03. The fraction of sp³-hybridized carbons (Fsp3) is 0.333. The number of carbonyl (C=O) groups excluding carboxylic acids is 1. The number of rotatable bonds is 7. The van der Waals surface area contributed by atoms with Crippen molar-refractivity contribution in [3.8, 4) is 11.8 Å². The molecule has 0 heterocycles. The number of amides is 1. The van der Waals surface area contributed by atoms with E-state index in [9.17, 15) is 9.59 Å². The minimum Gasteiger partial charge on any atom is -0.481 e. The highest BCUT2D eigenvalue weighted by molar-refractivity contribution is 5.87. The van der Waals surface area contributed by atoms with E-state index in [1.165, 1.54) is 12.2 Å². The monoisotopic (exact) mass is 277 g/mol. The van der Waals surface area contributed by atoms with Gasteiger partial charge in [0.25, 0.3) is 0 Å². The number of aliphatic carboxylic acids is 1. The molecule has 0 bridgehead atoms. The van der Waals surface area contributed by atoms with Crippen LogP contribution in [0.25, 0.3) is 0 Å². The number of carboxylic acids is 1. The second-order valence-electron chi connectivity index (χ2n) is 4.03. The van der Waals surface area contributed by atoms with Crippen molar-refractivity contribution >= 4 is 11.9 Å². The molecule has 0 radical (unpaired) electrons. The maximum atomic E-state index is 11.3. The van der Waals surface area contributed by atoms with Gasteiger partial charge in [-0.05, 0) is 13.0 Å². The van der Waals surface area contributed by atoms with Crippen LogP contribution in [0, 0.1) is 11.8 Å². The lowest BCUT2D eigenvalue weighted by atomic mass is 10.2. The molecule has 0 aromatic rings. The van der Waals surface area contributed by atoms with Crippen molar-refractivity contribution in [3.05, 3.63) is 36.5 Å². The first-order valence-electron chi connectivity index (χ1n) is 6.11. The van der Waals surface area contributed by atoms with Gasteiger partial charge in [-0.1, -0.05) is 30.6 Å². The summed E-state index contributed by atoms with van der Waals surface area (Å²) < 4.78 is 0. The fourth-order valence-corrected chi connectivity index (χ4v) is 1.04. The van der Waals surface area contributed by atoms with Crippen LogP contribution in [0.3, 0.4) is 0 Å². The zero-order valence-electron chi connectivity index (χ0n) is 11.4. The zero-order chi connectivity index (χ0) is 15.4. The molecule has 0 aliphatic heterocycles. The number of allylic oxidation sites excluding steroid dienone is 4. The third-order valence-corrected chi connectivity index (χ3v) is 2.03. The molecule has 0 rings (SSSR count). The van der Waals surface area contributed by atoms with Crippen LogP contribution in [0.15, 0.2) is 36.5 Å². The Labute approximate surface area is 118 Å². The largest absolute Gasteiger partial charge is 0.481 e. The number of aliphatic hydroxyl groups excluding tert-OH is 1. The number of carbonyl (C=O) groups is 2. The normalized spacial score (nSPS) is 11.9. The Morgan fingerprint density at radius 2 is 2.00 bits per heavy atom. The van der Waals surface area contributed by atoms with Gasteiger partial charge in [-0.15, -0.1) is 0 Å². The summed E-state index contributed by atoms with van der Waals surface area (Å²) in [6.45, 7) is 5.25. The van der Waals surface area contributed by atoms with Gasteiger partial charge < -0.3 is 15.5 Å². The average molecular weight is 277 g/mol. The molecule has 1 atom stereocenters. The van der Waals surface area contributed by atoms with Crippen LogP contribution in [0.5, 0.6) is 0 Å². The second kappa shape index (κ2) is 10.6. The Balaban J connectivity index is 4.08. The topological polar surface area (TPSA) is 86.6 Å². The van der Waals surface area contributed by atoms with Crippen molar-refractivity contribution in [3.63, 3.8) is 0 Å². The van der Waals surface area contributed by atoms with E-state index >= 15 is 0 Å². The molecule has 0 aliphatic carbocycles. The summed E-state index contributed by atoms with van der Waals surface area (Å²) in [6, 6.07) is -0.286. The van der Waals surface area contributed by atoms with Crippen LogP contribution < -0.4 is 5.32 Å². The minimum atomic E-state index is -0.883. The fourth-order valence-electron chi connectivity index (χ4n) is 1.04. The molecule has 3 N–H and O–H groups in total. The molecule has 1 unspecified atom stereocenters. The van der Waals surface area contributed by atoms with Crippen molar-refractivity contribution < 1.29 is 19.8 Å². The average Bonchev–Trinajstić information content (AvgIpc) is 2.39. The van der Waals surface area contributed by atoms with E-state index in [4.69, 9.17) is 10.2 Å². The molecule has 5 heteroatoms. The van der Waals surface area contributed by atoms with Gasteiger partial charge in [0, 0.05) is 24.1 Å². The molecule has 1 amide bonds. The van der Waals surface area contributed by atoms with Gasteiger partial charge in [-0.3, -0.25) is 9.59 Å². The van der Waals surface area contributed by atoms with E-state index in [1.54, 1.807) is 19.1 Å². The number of carboxylic acid groups (broad SMARTS) is 1. The van der Waals surface area contributed by atoms with E-state index in [1.807, 2.05) is 0 Å². The Kier molecular flexibility index (Phi) is 9.36.